The van der Waals surface area contributed by atoms with Gasteiger partial charge in [0.2, 0.25) is 11.8 Å². The molecule has 2 aromatic carbocycles. The van der Waals surface area contributed by atoms with E-state index in [0.717, 1.165) is 27.2 Å². The van der Waals surface area contributed by atoms with Gasteiger partial charge in [-0.05, 0) is 42.5 Å². The number of amides is 2. The molecule has 0 saturated carbocycles. The van der Waals surface area contributed by atoms with E-state index in [1.165, 1.54) is 0 Å². The molecule has 8 heteroatoms. The van der Waals surface area contributed by atoms with Crippen LogP contribution in [0.5, 0.6) is 5.75 Å². The minimum absolute atomic E-state index is 0.0202. The van der Waals surface area contributed by atoms with E-state index in [-0.39, 0.29) is 29.5 Å². The molecule has 0 aliphatic carbocycles. The fourth-order valence-electron chi connectivity index (χ4n) is 3.83. The first-order valence-corrected chi connectivity index (χ1v) is 11.5. The van der Waals surface area contributed by atoms with Crippen molar-refractivity contribution < 1.29 is 14.3 Å². The van der Waals surface area contributed by atoms with Gasteiger partial charge >= 0.3 is 0 Å². The number of ether oxygens (including phenoxy) is 1. The molecule has 0 bridgehead atoms. The lowest BCUT2D eigenvalue weighted by atomic mass is 10.1. The van der Waals surface area contributed by atoms with E-state index in [1.807, 2.05) is 35.2 Å². The van der Waals surface area contributed by atoms with Crippen LogP contribution in [-0.4, -0.2) is 42.7 Å². The summed E-state index contributed by atoms with van der Waals surface area (Å²) in [5, 5.41) is 0.502. The van der Waals surface area contributed by atoms with Gasteiger partial charge in [-0.1, -0.05) is 27.5 Å². The van der Waals surface area contributed by atoms with E-state index in [4.69, 9.17) is 16.3 Å². The highest BCUT2D eigenvalue weighted by Gasteiger charge is 2.41. The van der Waals surface area contributed by atoms with Crippen molar-refractivity contribution >= 4 is 56.8 Å². The molecule has 5 nitrogen and oxygen atoms in total. The number of hydrogen-bond acceptors (Lipinski definition) is 4. The second-order valence-corrected chi connectivity index (χ2v) is 9.56. The maximum absolute atomic E-state index is 13.4. The first-order valence-electron chi connectivity index (χ1n) is 9.29. The fraction of sp³-hybridized carbons (Fsp3) is 0.333. The van der Waals surface area contributed by atoms with Gasteiger partial charge in [0.1, 0.15) is 11.1 Å². The van der Waals surface area contributed by atoms with Crippen LogP contribution >= 0.6 is 39.3 Å². The second kappa shape index (κ2) is 8.58. The van der Waals surface area contributed by atoms with Gasteiger partial charge in [0.15, 0.2) is 0 Å². The van der Waals surface area contributed by atoms with Crippen LogP contribution in [0.3, 0.4) is 0 Å². The standard InChI is InChI=1S/C21H20BrClN2O3S/c1-28-18-7-2-14(22)11-17(18)21-24(8-9-29-21)20(27)13-10-19(26)25(12-13)16-5-3-15(23)4-6-16/h2-7,11,13,21H,8-10,12H2,1H3. The summed E-state index contributed by atoms with van der Waals surface area (Å²) in [7, 11) is 1.64. The predicted molar refractivity (Wildman–Crippen MR) is 120 cm³/mol. The van der Waals surface area contributed by atoms with Gasteiger partial charge in [-0.25, -0.2) is 0 Å². The summed E-state index contributed by atoms with van der Waals surface area (Å²) < 4.78 is 6.47. The molecule has 2 fully saturated rings. The number of hydrogen-bond donors (Lipinski definition) is 0. The van der Waals surface area contributed by atoms with Crippen molar-refractivity contribution in [2.75, 3.05) is 30.9 Å². The predicted octanol–water partition coefficient (Wildman–Crippen LogP) is 4.74. The molecule has 2 unspecified atom stereocenters. The Morgan fingerprint density at radius 3 is 2.72 bits per heavy atom. The van der Waals surface area contributed by atoms with Gasteiger partial charge in [-0.3, -0.25) is 9.59 Å². The second-order valence-electron chi connectivity index (χ2n) is 7.02. The molecule has 2 saturated heterocycles. The number of anilines is 1. The number of carbonyl (C=O) groups excluding carboxylic acids is 2. The molecule has 4 rings (SSSR count). The van der Waals surface area contributed by atoms with E-state index in [2.05, 4.69) is 15.9 Å². The van der Waals surface area contributed by atoms with Crippen molar-refractivity contribution in [2.45, 2.75) is 11.8 Å². The Morgan fingerprint density at radius 2 is 2.00 bits per heavy atom. The number of halogens is 2. The van der Waals surface area contributed by atoms with E-state index in [9.17, 15) is 9.59 Å². The average Bonchev–Trinajstić information content (AvgIpc) is 3.35. The Morgan fingerprint density at radius 1 is 1.24 bits per heavy atom. The molecule has 2 heterocycles. The van der Waals surface area contributed by atoms with Crippen molar-refractivity contribution in [3.8, 4) is 5.75 Å². The zero-order valence-electron chi connectivity index (χ0n) is 15.8. The van der Waals surface area contributed by atoms with Gasteiger partial charge < -0.3 is 14.5 Å². The Kier molecular flexibility index (Phi) is 6.08. The van der Waals surface area contributed by atoms with Crippen LogP contribution in [-0.2, 0) is 9.59 Å². The van der Waals surface area contributed by atoms with Crippen LogP contribution in [0.25, 0.3) is 0 Å². The van der Waals surface area contributed by atoms with Gasteiger partial charge in [0, 0.05) is 46.0 Å². The fourth-order valence-corrected chi connectivity index (χ4v) is 5.61. The Balaban J connectivity index is 1.54. The average molecular weight is 496 g/mol. The van der Waals surface area contributed by atoms with Crippen LogP contribution in [0, 0.1) is 5.92 Å². The largest absolute Gasteiger partial charge is 0.496 e. The highest BCUT2D eigenvalue weighted by molar-refractivity contribution is 9.10. The third-order valence-corrected chi connectivity index (χ3v) is 7.23. The van der Waals surface area contributed by atoms with Crippen molar-refractivity contribution in [1.29, 1.82) is 0 Å². The zero-order chi connectivity index (χ0) is 20.5. The van der Waals surface area contributed by atoms with Crippen LogP contribution in [0.15, 0.2) is 46.9 Å². The molecule has 0 radical (unpaired) electrons. The number of methoxy groups -OCH3 is 1. The monoisotopic (exact) mass is 494 g/mol. The van der Waals surface area contributed by atoms with E-state index < -0.39 is 0 Å². The molecule has 0 spiro atoms. The molecule has 2 amide bonds. The Labute approximate surface area is 187 Å². The lowest BCUT2D eigenvalue weighted by Gasteiger charge is -2.28. The normalized spacial score (nSPS) is 21.7. The molecule has 0 aromatic heterocycles. The molecular weight excluding hydrogens is 476 g/mol. The number of benzene rings is 2. The lowest BCUT2D eigenvalue weighted by Crippen LogP contribution is -2.37. The van der Waals surface area contributed by atoms with Crippen LogP contribution in [0.4, 0.5) is 5.69 Å². The van der Waals surface area contributed by atoms with Crippen molar-refractivity contribution in [1.82, 2.24) is 4.90 Å². The molecule has 2 aliphatic heterocycles. The van der Waals surface area contributed by atoms with E-state index in [0.29, 0.717) is 18.1 Å². The molecule has 0 N–H and O–H groups in total. The summed E-state index contributed by atoms with van der Waals surface area (Å²) in [6.45, 7) is 1.05. The first-order chi connectivity index (χ1) is 14.0. The molecule has 2 aromatic rings. The SMILES string of the molecule is COc1ccc(Br)cc1C1SCCN1C(=O)C1CC(=O)N(c2ccc(Cl)cc2)C1. The van der Waals surface area contributed by atoms with Crippen molar-refractivity contribution in [2.24, 2.45) is 5.92 Å². The highest BCUT2D eigenvalue weighted by atomic mass is 79.9. The number of thioether (sulfide) groups is 1. The van der Waals surface area contributed by atoms with E-state index in [1.54, 1.807) is 35.9 Å². The van der Waals surface area contributed by atoms with Gasteiger partial charge in [0.25, 0.3) is 0 Å². The third kappa shape index (κ3) is 4.13. The van der Waals surface area contributed by atoms with Crippen LogP contribution in [0.1, 0.15) is 17.4 Å². The third-order valence-electron chi connectivity index (χ3n) is 5.24. The number of rotatable bonds is 4. The summed E-state index contributed by atoms with van der Waals surface area (Å²) in [5.74, 6) is 1.25. The van der Waals surface area contributed by atoms with Crippen molar-refractivity contribution in [3.05, 3.63) is 57.5 Å². The zero-order valence-corrected chi connectivity index (χ0v) is 19.0. The summed E-state index contributed by atoms with van der Waals surface area (Å²) >= 11 is 11.2. The number of carbonyl (C=O) groups is 2. The number of nitrogens with zero attached hydrogens (tertiary/aromatic N) is 2. The first kappa shape index (κ1) is 20.6. The topological polar surface area (TPSA) is 49.9 Å². The summed E-state index contributed by atoms with van der Waals surface area (Å²) in [6, 6.07) is 13.0. The quantitative estimate of drug-likeness (QED) is 0.615. The van der Waals surface area contributed by atoms with Crippen LogP contribution < -0.4 is 9.64 Å². The minimum atomic E-state index is -0.350. The summed E-state index contributed by atoms with van der Waals surface area (Å²) in [5.41, 5.74) is 1.74. The summed E-state index contributed by atoms with van der Waals surface area (Å²) in [6.07, 6.45) is 0.227. The maximum Gasteiger partial charge on any atom is 0.229 e. The Bertz CT molecular complexity index is 940. The highest BCUT2D eigenvalue weighted by Crippen LogP contribution is 2.44. The van der Waals surface area contributed by atoms with Gasteiger partial charge in [-0.2, -0.15) is 0 Å². The molecule has 29 heavy (non-hydrogen) atoms. The lowest BCUT2D eigenvalue weighted by molar-refractivity contribution is -0.136. The molecule has 2 atom stereocenters. The van der Waals surface area contributed by atoms with Gasteiger partial charge in [-0.15, -0.1) is 11.8 Å². The van der Waals surface area contributed by atoms with E-state index >= 15 is 0 Å². The molecule has 2 aliphatic rings. The van der Waals surface area contributed by atoms with Crippen molar-refractivity contribution in [3.63, 3.8) is 0 Å². The maximum atomic E-state index is 13.4. The Hall–Kier alpha value is -1.70. The summed E-state index contributed by atoms with van der Waals surface area (Å²) in [4.78, 5) is 29.5. The van der Waals surface area contributed by atoms with Crippen LogP contribution in [0.2, 0.25) is 5.02 Å². The minimum Gasteiger partial charge on any atom is -0.496 e. The van der Waals surface area contributed by atoms with Gasteiger partial charge in [0.05, 0.1) is 13.0 Å². The molecular formula is C21H20BrClN2O3S. The smallest absolute Gasteiger partial charge is 0.229 e. The molecule has 152 valence electrons.